The molecule has 1 aromatic heterocycles. The second-order valence-electron chi connectivity index (χ2n) is 6.19. The molecule has 24 heavy (non-hydrogen) atoms. The number of hydrogen-bond acceptors (Lipinski definition) is 5. The van der Waals surface area contributed by atoms with Gasteiger partial charge in [0, 0.05) is 17.5 Å². The van der Waals surface area contributed by atoms with E-state index >= 15 is 0 Å². The summed E-state index contributed by atoms with van der Waals surface area (Å²) in [5.41, 5.74) is 5.70. The van der Waals surface area contributed by atoms with Crippen LogP contribution in [0.3, 0.4) is 0 Å². The number of carbonyl (C=O) groups excluding carboxylic acids is 2. The number of rotatable bonds is 5. The van der Waals surface area contributed by atoms with Crippen LogP contribution in [0.1, 0.15) is 16.8 Å². The second-order valence-corrected chi connectivity index (χ2v) is 6.19. The zero-order chi connectivity index (χ0) is 16.8. The molecule has 3 N–H and O–H groups in total. The SMILES string of the molecule is COc1cc2c(OC[C@H]3NC(=O)[C@@H]4CC34)nccc2cc1C(N)=O. The Hall–Kier alpha value is -2.83. The maximum atomic E-state index is 11.6. The third-order valence-corrected chi connectivity index (χ3v) is 4.73. The summed E-state index contributed by atoms with van der Waals surface area (Å²) in [6, 6.07) is 5.18. The number of ether oxygens (including phenoxy) is 2. The van der Waals surface area contributed by atoms with Crippen molar-refractivity contribution in [1.82, 2.24) is 10.3 Å². The molecule has 0 bridgehead atoms. The molecule has 0 spiro atoms. The molecule has 1 unspecified atom stereocenters. The van der Waals surface area contributed by atoms with Crippen molar-refractivity contribution in [3.63, 3.8) is 0 Å². The Kier molecular flexibility index (Phi) is 3.30. The average molecular weight is 327 g/mol. The number of benzene rings is 1. The lowest BCUT2D eigenvalue weighted by atomic mass is 10.1. The van der Waals surface area contributed by atoms with Crippen LogP contribution in [-0.2, 0) is 4.79 Å². The number of pyridine rings is 1. The highest BCUT2D eigenvalue weighted by Gasteiger charge is 2.54. The summed E-state index contributed by atoms with van der Waals surface area (Å²) in [6.45, 7) is 0.374. The van der Waals surface area contributed by atoms with Crippen LogP contribution >= 0.6 is 0 Å². The second kappa shape index (κ2) is 5.36. The summed E-state index contributed by atoms with van der Waals surface area (Å²) in [6.07, 6.45) is 2.56. The lowest BCUT2D eigenvalue weighted by molar-refractivity contribution is -0.121. The van der Waals surface area contributed by atoms with Crippen LogP contribution in [0.4, 0.5) is 0 Å². The Morgan fingerprint density at radius 1 is 1.46 bits per heavy atom. The number of methoxy groups -OCH3 is 1. The van der Waals surface area contributed by atoms with Crippen molar-refractivity contribution in [2.75, 3.05) is 13.7 Å². The van der Waals surface area contributed by atoms with Gasteiger partial charge in [0.15, 0.2) is 0 Å². The van der Waals surface area contributed by atoms with Crippen molar-refractivity contribution in [2.45, 2.75) is 12.5 Å². The molecule has 1 aliphatic heterocycles. The van der Waals surface area contributed by atoms with Crippen molar-refractivity contribution in [2.24, 2.45) is 17.6 Å². The largest absolute Gasteiger partial charge is 0.496 e. The highest BCUT2D eigenvalue weighted by atomic mass is 16.5. The van der Waals surface area contributed by atoms with Gasteiger partial charge in [-0.15, -0.1) is 0 Å². The molecule has 4 rings (SSSR count). The van der Waals surface area contributed by atoms with Crippen LogP contribution in [-0.4, -0.2) is 36.6 Å². The zero-order valence-electron chi connectivity index (χ0n) is 13.1. The van der Waals surface area contributed by atoms with Crippen molar-refractivity contribution in [1.29, 1.82) is 0 Å². The zero-order valence-corrected chi connectivity index (χ0v) is 13.1. The standard InChI is InChI=1S/C17H17N3O4/c1-23-14-6-9-8(4-12(14)15(18)21)2-3-19-17(9)24-7-13-10-5-11(10)16(22)20-13/h2-4,6,10-11,13H,5,7H2,1H3,(H2,18,21)(H,20,22)/t10?,11-,13-/m1/s1. The minimum absolute atomic E-state index is 0.0337. The fourth-order valence-corrected chi connectivity index (χ4v) is 3.34. The number of primary amides is 1. The van der Waals surface area contributed by atoms with Gasteiger partial charge < -0.3 is 20.5 Å². The summed E-state index contributed by atoms with van der Waals surface area (Å²) in [7, 11) is 1.48. The van der Waals surface area contributed by atoms with Gasteiger partial charge in [0.25, 0.3) is 5.91 Å². The molecular weight excluding hydrogens is 310 g/mol. The highest BCUT2D eigenvalue weighted by Crippen LogP contribution is 2.46. The average Bonchev–Trinajstić information content (AvgIpc) is 3.32. The number of nitrogens with one attached hydrogen (secondary N) is 1. The van der Waals surface area contributed by atoms with E-state index in [9.17, 15) is 9.59 Å². The van der Waals surface area contributed by atoms with E-state index in [2.05, 4.69) is 10.3 Å². The summed E-state index contributed by atoms with van der Waals surface area (Å²) < 4.78 is 11.1. The van der Waals surface area contributed by atoms with Gasteiger partial charge in [0.2, 0.25) is 11.8 Å². The smallest absolute Gasteiger partial charge is 0.252 e. The van der Waals surface area contributed by atoms with Gasteiger partial charge in [-0.1, -0.05) is 0 Å². The molecule has 7 nitrogen and oxygen atoms in total. The Bertz CT molecular complexity index is 851. The Morgan fingerprint density at radius 3 is 2.92 bits per heavy atom. The van der Waals surface area contributed by atoms with Gasteiger partial charge in [0.05, 0.1) is 18.7 Å². The Morgan fingerprint density at radius 2 is 2.29 bits per heavy atom. The lowest BCUT2D eigenvalue weighted by Crippen LogP contribution is -2.35. The van der Waals surface area contributed by atoms with E-state index in [1.54, 1.807) is 24.4 Å². The van der Waals surface area contributed by atoms with Gasteiger partial charge in [-0.25, -0.2) is 4.98 Å². The molecule has 1 aliphatic carbocycles. The monoisotopic (exact) mass is 327 g/mol. The number of fused-ring (bicyclic) bond motifs is 2. The number of nitrogens with zero attached hydrogens (tertiary/aromatic N) is 1. The van der Waals surface area contributed by atoms with Gasteiger partial charge in [-0.2, -0.15) is 0 Å². The number of carbonyl (C=O) groups is 2. The molecule has 1 saturated carbocycles. The van der Waals surface area contributed by atoms with Crippen molar-refractivity contribution in [3.05, 3.63) is 30.0 Å². The first-order chi connectivity index (χ1) is 11.6. The number of piperidine rings is 1. The van der Waals surface area contributed by atoms with Crippen molar-refractivity contribution >= 4 is 22.6 Å². The molecule has 1 saturated heterocycles. The molecule has 0 radical (unpaired) electrons. The number of aromatic nitrogens is 1. The molecule has 2 fully saturated rings. The van der Waals surface area contributed by atoms with Crippen LogP contribution in [0.2, 0.25) is 0 Å². The van der Waals surface area contributed by atoms with Crippen LogP contribution in [0, 0.1) is 11.8 Å². The van der Waals surface area contributed by atoms with E-state index in [0.717, 1.165) is 17.2 Å². The third-order valence-electron chi connectivity index (χ3n) is 4.73. The lowest BCUT2D eigenvalue weighted by Gasteiger charge is -2.15. The predicted molar refractivity (Wildman–Crippen MR) is 85.8 cm³/mol. The first kappa shape index (κ1) is 14.7. The topological polar surface area (TPSA) is 104 Å². The van der Waals surface area contributed by atoms with Crippen LogP contribution in [0.25, 0.3) is 10.8 Å². The maximum Gasteiger partial charge on any atom is 0.252 e. The van der Waals surface area contributed by atoms with E-state index in [1.807, 2.05) is 0 Å². The van der Waals surface area contributed by atoms with Gasteiger partial charge in [-0.3, -0.25) is 9.59 Å². The van der Waals surface area contributed by atoms with E-state index in [1.165, 1.54) is 7.11 Å². The van der Waals surface area contributed by atoms with Crippen molar-refractivity contribution < 1.29 is 19.1 Å². The minimum Gasteiger partial charge on any atom is -0.496 e. The molecule has 124 valence electrons. The third kappa shape index (κ3) is 2.33. The molecule has 2 aromatic rings. The normalized spacial score (nSPS) is 24.4. The number of hydrogen-bond donors (Lipinski definition) is 2. The first-order valence-electron chi connectivity index (χ1n) is 7.78. The molecular formula is C17H17N3O4. The van der Waals surface area contributed by atoms with E-state index in [0.29, 0.717) is 29.7 Å². The van der Waals surface area contributed by atoms with Gasteiger partial charge in [-0.05, 0) is 35.9 Å². The highest BCUT2D eigenvalue weighted by molar-refractivity contribution is 6.01. The van der Waals surface area contributed by atoms with Crippen molar-refractivity contribution in [3.8, 4) is 11.6 Å². The Balaban J connectivity index is 1.63. The quantitative estimate of drug-likeness (QED) is 0.847. The number of nitrogens with two attached hydrogens (primary N) is 1. The van der Waals surface area contributed by atoms with Crippen LogP contribution in [0.15, 0.2) is 24.4 Å². The molecule has 2 amide bonds. The minimum atomic E-state index is -0.554. The fraction of sp³-hybridized carbons (Fsp3) is 0.353. The predicted octanol–water partition coefficient (Wildman–Crippen LogP) is 0.856. The molecule has 2 aliphatic rings. The molecule has 3 atom stereocenters. The van der Waals surface area contributed by atoms with Crippen LogP contribution < -0.4 is 20.5 Å². The van der Waals surface area contributed by atoms with E-state index in [4.69, 9.17) is 15.2 Å². The summed E-state index contributed by atoms with van der Waals surface area (Å²) in [5.74, 6) is 0.930. The number of amides is 2. The molecule has 7 heteroatoms. The van der Waals surface area contributed by atoms with Crippen LogP contribution in [0.5, 0.6) is 11.6 Å². The summed E-state index contributed by atoms with van der Waals surface area (Å²) in [4.78, 5) is 27.4. The fourth-order valence-electron chi connectivity index (χ4n) is 3.34. The molecule has 1 aromatic carbocycles. The summed E-state index contributed by atoms with van der Waals surface area (Å²) >= 11 is 0. The Labute approximate surface area is 138 Å². The van der Waals surface area contributed by atoms with Gasteiger partial charge >= 0.3 is 0 Å². The molecule has 2 heterocycles. The van der Waals surface area contributed by atoms with Gasteiger partial charge in [0.1, 0.15) is 12.4 Å². The van der Waals surface area contributed by atoms with E-state index < -0.39 is 5.91 Å². The van der Waals surface area contributed by atoms with E-state index in [-0.39, 0.29) is 17.9 Å². The maximum absolute atomic E-state index is 11.6. The first-order valence-corrected chi connectivity index (χ1v) is 7.78. The summed E-state index contributed by atoms with van der Waals surface area (Å²) in [5, 5.41) is 4.46.